The molecule has 2 aliphatic rings. The first-order valence-electron chi connectivity index (χ1n) is 10.5. The van der Waals surface area contributed by atoms with Gasteiger partial charge in [0.2, 0.25) is 5.91 Å². The van der Waals surface area contributed by atoms with E-state index in [2.05, 4.69) is 5.32 Å². The Labute approximate surface area is 176 Å². The van der Waals surface area contributed by atoms with E-state index in [-0.39, 0.29) is 23.8 Å². The molecule has 2 fully saturated rings. The Bertz CT molecular complexity index is 781. The molecule has 0 aliphatic carbocycles. The van der Waals surface area contributed by atoms with E-state index < -0.39 is 5.54 Å². The number of piperidine rings is 1. The van der Waals surface area contributed by atoms with Crippen LogP contribution in [0.3, 0.4) is 0 Å². The summed E-state index contributed by atoms with van der Waals surface area (Å²) in [5.74, 6) is 0.0331. The van der Waals surface area contributed by atoms with Gasteiger partial charge in [-0.3, -0.25) is 14.5 Å². The number of hydrogen-bond acceptors (Lipinski definition) is 4. The van der Waals surface area contributed by atoms with Gasteiger partial charge < -0.3 is 10.2 Å². The summed E-state index contributed by atoms with van der Waals surface area (Å²) in [5, 5.41) is 5.08. The van der Waals surface area contributed by atoms with Gasteiger partial charge in [0.1, 0.15) is 5.54 Å². The van der Waals surface area contributed by atoms with Gasteiger partial charge in [-0.15, -0.1) is 11.3 Å². The lowest BCUT2D eigenvalue weighted by atomic mass is 9.74. The van der Waals surface area contributed by atoms with Gasteiger partial charge in [-0.2, -0.15) is 0 Å². The molecule has 3 rings (SSSR count). The third-order valence-electron chi connectivity index (χ3n) is 6.26. The van der Waals surface area contributed by atoms with E-state index in [1.807, 2.05) is 49.3 Å². The molecule has 0 unspecified atom stereocenters. The Hall–Kier alpha value is -2.15. The Morgan fingerprint density at radius 2 is 2.07 bits per heavy atom. The fourth-order valence-electron chi connectivity index (χ4n) is 4.52. The highest BCUT2D eigenvalue weighted by Gasteiger charge is 2.55. The van der Waals surface area contributed by atoms with Crippen LogP contribution in [0.5, 0.6) is 0 Å². The summed E-state index contributed by atoms with van der Waals surface area (Å²) >= 11 is 1.64. The van der Waals surface area contributed by atoms with Crippen LogP contribution in [0.25, 0.3) is 0 Å². The van der Waals surface area contributed by atoms with Gasteiger partial charge in [-0.1, -0.05) is 25.5 Å². The van der Waals surface area contributed by atoms with E-state index in [0.29, 0.717) is 32.5 Å². The number of allylic oxidation sites excluding steroid dienone is 1. The van der Waals surface area contributed by atoms with Crippen molar-refractivity contribution in [3.8, 4) is 0 Å². The van der Waals surface area contributed by atoms with Crippen LogP contribution in [-0.2, 0) is 16.0 Å². The Morgan fingerprint density at radius 1 is 1.34 bits per heavy atom. The van der Waals surface area contributed by atoms with Crippen LogP contribution in [0.2, 0.25) is 0 Å². The zero-order valence-electron chi connectivity index (χ0n) is 17.6. The van der Waals surface area contributed by atoms with Crippen LogP contribution in [0.15, 0.2) is 29.2 Å². The van der Waals surface area contributed by atoms with E-state index in [1.54, 1.807) is 11.3 Å². The van der Waals surface area contributed by atoms with Crippen LogP contribution in [0.1, 0.15) is 51.3 Å². The molecule has 29 heavy (non-hydrogen) atoms. The number of amides is 4. The molecule has 1 aromatic rings. The molecule has 0 radical (unpaired) electrons. The first kappa shape index (κ1) is 21.6. The number of likely N-dealkylation sites (tertiary alicyclic amines) is 1. The normalized spacial score (nSPS) is 23.6. The maximum atomic E-state index is 13.4. The molecule has 0 bridgehead atoms. The molecule has 6 nitrogen and oxygen atoms in total. The number of carbonyl (C=O) groups excluding carboxylic acids is 3. The molecule has 1 N–H and O–H groups in total. The second-order valence-electron chi connectivity index (χ2n) is 7.98. The largest absolute Gasteiger partial charge is 0.339 e. The predicted molar refractivity (Wildman–Crippen MR) is 115 cm³/mol. The number of nitrogens with one attached hydrogen (secondary N) is 1. The summed E-state index contributed by atoms with van der Waals surface area (Å²) in [6.45, 7) is 7.40. The van der Waals surface area contributed by atoms with E-state index in [1.165, 1.54) is 9.78 Å². The third kappa shape index (κ3) is 4.25. The van der Waals surface area contributed by atoms with Gasteiger partial charge in [0, 0.05) is 30.1 Å². The van der Waals surface area contributed by atoms with Gasteiger partial charge in [0.25, 0.3) is 5.91 Å². The van der Waals surface area contributed by atoms with E-state index in [4.69, 9.17) is 0 Å². The minimum atomic E-state index is -0.827. The Kier molecular flexibility index (Phi) is 6.77. The summed E-state index contributed by atoms with van der Waals surface area (Å²) in [6, 6.07) is 3.74. The highest BCUT2D eigenvalue weighted by molar-refractivity contribution is 7.09. The number of urea groups is 1. The quantitative estimate of drug-likeness (QED) is 0.544. The molecular weight excluding hydrogens is 386 g/mol. The van der Waals surface area contributed by atoms with Crippen molar-refractivity contribution in [2.45, 2.75) is 58.4 Å². The van der Waals surface area contributed by atoms with Crippen molar-refractivity contribution >= 4 is 29.2 Å². The zero-order valence-corrected chi connectivity index (χ0v) is 18.4. The summed E-state index contributed by atoms with van der Waals surface area (Å²) in [5.41, 5.74) is -0.0804. The first-order chi connectivity index (χ1) is 13.9. The fourth-order valence-corrected chi connectivity index (χ4v) is 5.22. The molecule has 2 saturated heterocycles. The average Bonchev–Trinajstić information content (AvgIpc) is 3.33. The van der Waals surface area contributed by atoms with Crippen molar-refractivity contribution in [2.75, 3.05) is 19.6 Å². The number of imide groups is 1. The van der Waals surface area contributed by atoms with Gasteiger partial charge in [0.15, 0.2) is 0 Å². The summed E-state index contributed by atoms with van der Waals surface area (Å²) < 4.78 is 0. The molecule has 1 aromatic heterocycles. The summed E-state index contributed by atoms with van der Waals surface area (Å²) in [6.07, 6.45) is 5.44. The molecule has 1 atom stereocenters. The Balaban J connectivity index is 1.70. The van der Waals surface area contributed by atoms with Crippen LogP contribution in [0.4, 0.5) is 4.79 Å². The van der Waals surface area contributed by atoms with Crippen LogP contribution in [-0.4, -0.2) is 52.8 Å². The molecule has 3 heterocycles. The molecule has 0 saturated carbocycles. The second kappa shape index (κ2) is 9.11. The number of hydrogen-bond donors (Lipinski definition) is 1. The summed E-state index contributed by atoms with van der Waals surface area (Å²) in [4.78, 5) is 43.0. The molecule has 0 aromatic carbocycles. The van der Waals surface area contributed by atoms with Crippen LogP contribution < -0.4 is 5.32 Å². The van der Waals surface area contributed by atoms with Gasteiger partial charge >= 0.3 is 6.03 Å². The van der Waals surface area contributed by atoms with Crippen LogP contribution >= 0.6 is 11.3 Å². The maximum Gasteiger partial charge on any atom is 0.325 e. The van der Waals surface area contributed by atoms with E-state index >= 15 is 0 Å². The van der Waals surface area contributed by atoms with Gasteiger partial charge in [-0.25, -0.2) is 4.79 Å². The van der Waals surface area contributed by atoms with Crippen molar-refractivity contribution in [1.82, 2.24) is 15.1 Å². The number of thiophene rings is 1. The van der Waals surface area contributed by atoms with Crippen molar-refractivity contribution in [2.24, 2.45) is 5.92 Å². The third-order valence-corrected chi connectivity index (χ3v) is 7.19. The molecule has 158 valence electrons. The van der Waals surface area contributed by atoms with Gasteiger partial charge in [-0.05, 0) is 56.9 Å². The zero-order chi connectivity index (χ0) is 21.0. The van der Waals surface area contributed by atoms with Gasteiger partial charge in [0.05, 0.1) is 0 Å². The lowest BCUT2D eigenvalue weighted by Gasteiger charge is -2.41. The second-order valence-corrected chi connectivity index (χ2v) is 9.01. The lowest BCUT2D eigenvalue weighted by molar-refractivity contribution is -0.135. The lowest BCUT2D eigenvalue weighted by Crippen LogP contribution is -2.56. The summed E-state index contributed by atoms with van der Waals surface area (Å²) in [7, 11) is 0. The highest BCUT2D eigenvalue weighted by atomic mass is 32.1. The van der Waals surface area contributed by atoms with Crippen molar-refractivity contribution in [3.05, 3.63) is 34.0 Å². The SMILES string of the molecule is C/C=C(\C)C(=O)N1CCC([C@]2(CCC)NC(=O)N(CCc3cccs3)C2=O)CC1. The molecule has 0 spiro atoms. The van der Waals surface area contributed by atoms with Crippen molar-refractivity contribution in [3.63, 3.8) is 0 Å². The minimum absolute atomic E-state index is 0.0561. The predicted octanol–water partition coefficient (Wildman–Crippen LogP) is 3.59. The topological polar surface area (TPSA) is 69.7 Å². The van der Waals surface area contributed by atoms with E-state index in [9.17, 15) is 14.4 Å². The van der Waals surface area contributed by atoms with Crippen molar-refractivity contribution < 1.29 is 14.4 Å². The number of carbonyl (C=O) groups is 3. The smallest absolute Gasteiger partial charge is 0.325 e. The highest BCUT2D eigenvalue weighted by Crippen LogP contribution is 2.37. The standard InChI is InChI=1S/C22H31N3O3S/c1-4-11-22(17-8-12-24(13-9-17)19(26)16(3)5-2)20(27)25(21(28)23-22)14-10-18-7-6-15-29-18/h5-7,15,17H,4,8-14H2,1-3H3,(H,23,28)/b16-5+/t22-/m0/s1. The molecular formula is C22H31N3O3S. The molecule has 2 aliphatic heterocycles. The fraction of sp³-hybridized carbons (Fsp3) is 0.591. The average molecular weight is 418 g/mol. The monoisotopic (exact) mass is 417 g/mol. The minimum Gasteiger partial charge on any atom is -0.339 e. The Morgan fingerprint density at radius 3 is 2.66 bits per heavy atom. The molecule has 7 heteroatoms. The van der Waals surface area contributed by atoms with Crippen LogP contribution in [0, 0.1) is 5.92 Å². The number of rotatable bonds is 7. The maximum absolute atomic E-state index is 13.4. The van der Waals surface area contributed by atoms with E-state index in [0.717, 1.165) is 24.8 Å². The number of nitrogens with zero attached hydrogens (tertiary/aromatic N) is 2. The first-order valence-corrected chi connectivity index (χ1v) is 11.4. The molecule has 4 amide bonds. The van der Waals surface area contributed by atoms with Crippen molar-refractivity contribution in [1.29, 1.82) is 0 Å².